The standard InChI is InChI=1S/C14H16FN3OS/c1-9(2)20(19)14-16-13-11(15)8-12(18(13)17-14)10-6-4-3-5-7-10/h3-7,9,11-12H,8H2,1-2H3/t11-,12-,20+/m0/s1. The molecular formula is C14H16FN3OS. The van der Waals surface area contributed by atoms with Crippen LogP contribution in [0.5, 0.6) is 0 Å². The third-order valence-corrected chi connectivity index (χ3v) is 4.83. The first-order valence-electron chi connectivity index (χ1n) is 6.64. The van der Waals surface area contributed by atoms with Gasteiger partial charge in [0.05, 0.1) is 16.8 Å². The van der Waals surface area contributed by atoms with Crippen LogP contribution in [0.2, 0.25) is 0 Å². The Kier molecular flexibility index (Phi) is 3.41. The largest absolute Gasteiger partial charge is 0.251 e. The number of fused-ring (bicyclic) bond motifs is 1. The van der Waals surface area contributed by atoms with Crippen molar-refractivity contribution in [3.8, 4) is 0 Å². The maximum atomic E-state index is 14.1. The lowest BCUT2D eigenvalue weighted by molar-refractivity contribution is 0.327. The predicted molar refractivity (Wildman–Crippen MR) is 74.6 cm³/mol. The molecule has 0 aliphatic carbocycles. The molecule has 2 heterocycles. The SMILES string of the molecule is CC(C)[S@@](=O)c1nc2n(n1)[C@H](c1ccccc1)C[C@@H]2F. The normalized spacial score (nSPS) is 23.0. The molecule has 0 saturated heterocycles. The van der Waals surface area contributed by atoms with Gasteiger partial charge in [0.25, 0.3) is 0 Å². The van der Waals surface area contributed by atoms with Crippen molar-refractivity contribution in [1.29, 1.82) is 0 Å². The van der Waals surface area contributed by atoms with Crippen LogP contribution in [0, 0.1) is 0 Å². The molecule has 2 aromatic rings. The lowest BCUT2D eigenvalue weighted by Gasteiger charge is -2.11. The average Bonchev–Trinajstić information content (AvgIpc) is 3.00. The number of halogens is 1. The van der Waals surface area contributed by atoms with E-state index in [9.17, 15) is 8.60 Å². The fourth-order valence-corrected chi connectivity index (χ4v) is 3.18. The van der Waals surface area contributed by atoms with Gasteiger partial charge in [0.1, 0.15) is 0 Å². The van der Waals surface area contributed by atoms with Gasteiger partial charge in [0, 0.05) is 11.7 Å². The van der Waals surface area contributed by atoms with Crippen molar-refractivity contribution in [2.24, 2.45) is 0 Å². The van der Waals surface area contributed by atoms with E-state index in [4.69, 9.17) is 0 Å². The highest BCUT2D eigenvalue weighted by Crippen LogP contribution is 2.39. The van der Waals surface area contributed by atoms with E-state index >= 15 is 0 Å². The monoisotopic (exact) mass is 293 g/mol. The highest BCUT2D eigenvalue weighted by Gasteiger charge is 2.36. The molecule has 6 heteroatoms. The Morgan fingerprint density at radius 2 is 2.05 bits per heavy atom. The Morgan fingerprint density at radius 3 is 2.70 bits per heavy atom. The molecule has 4 nitrogen and oxygen atoms in total. The zero-order valence-corrected chi connectivity index (χ0v) is 12.2. The molecule has 1 aromatic carbocycles. The summed E-state index contributed by atoms with van der Waals surface area (Å²) in [7, 11) is -1.29. The summed E-state index contributed by atoms with van der Waals surface area (Å²) in [4.78, 5) is 4.15. The molecule has 1 aromatic heterocycles. The second kappa shape index (κ2) is 5.09. The fraction of sp³-hybridized carbons (Fsp3) is 0.429. The number of nitrogens with zero attached hydrogens (tertiary/aromatic N) is 3. The van der Waals surface area contributed by atoms with Gasteiger partial charge in [-0.2, -0.15) is 0 Å². The number of aromatic nitrogens is 3. The van der Waals surface area contributed by atoms with E-state index in [0.29, 0.717) is 12.2 Å². The molecule has 0 spiro atoms. The average molecular weight is 293 g/mol. The van der Waals surface area contributed by atoms with Gasteiger partial charge in [-0.15, -0.1) is 5.10 Å². The Balaban J connectivity index is 2.00. The van der Waals surface area contributed by atoms with Gasteiger partial charge in [-0.1, -0.05) is 44.2 Å². The Hall–Kier alpha value is -1.56. The summed E-state index contributed by atoms with van der Waals surface area (Å²) in [6.07, 6.45) is -0.806. The van der Waals surface area contributed by atoms with Crippen molar-refractivity contribution < 1.29 is 8.60 Å². The maximum absolute atomic E-state index is 14.1. The third kappa shape index (κ3) is 2.18. The van der Waals surface area contributed by atoms with Crippen molar-refractivity contribution in [2.75, 3.05) is 0 Å². The first kappa shape index (κ1) is 13.4. The van der Waals surface area contributed by atoms with E-state index in [-0.39, 0.29) is 16.4 Å². The van der Waals surface area contributed by atoms with E-state index in [2.05, 4.69) is 10.1 Å². The number of hydrogen-bond acceptors (Lipinski definition) is 3. The van der Waals surface area contributed by atoms with Crippen molar-refractivity contribution in [1.82, 2.24) is 14.8 Å². The zero-order valence-electron chi connectivity index (χ0n) is 11.4. The molecule has 1 aliphatic rings. The topological polar surface area (TPSA) is 47.8 Å². The van der Waals surface area contributed by atoms with Crippen molar-refractivity contribution in [3.05, 3.63) is 41.7 Å². The Morgan fingerprint density at radius 1 is 1.35 bits per heavy atom. The first-order valence-corrected chi connectivity index (χ1v) is 7.85. The van der Waals surface area contributed by atoms with Crippen LogP contribution < -0.4 is 0 Å². The lowest BCUT2D eigenvalue weighted by Crippen LogP contribution is -2.11. The molecule has 0 radical (unpaired) electrons. The van der Waals surface area contributed by atoms with Crippen molar-refractivity contribution in [2.45, 2.75) is 42.9 Å². The van der Waals surface area contributed by atoms with Crippen LogP contribution in [0.1, 0.15) is 43.9 Å². The second-order valence-electron chi connectivity index (χ2n) is 5.17. The molecule has 0 fully saturated rings. The molecule has 3 atom stereocenters. The van der Waals surface area contributed by atoms with E-state index in [0.717, 1.165) is 5.56 Å². The summed E-state index contributed by atoms with van der Waals surface area (Å²) < 4.78 is 27.8. The maximum Gasteiger partial charge on any atom is 0.239 e. The summed E-state index contributed by atoms with van der Waals surface area (Å²) in [6, 6.07) is 9.51. The molecule has 3 rings (SSSR count). The molecule has 20 heavy (non-hydrogen) atoms. The number of rotatable bonds is 3. The van der Waals surface area contributed by atoms with Gasteiger partial charge in [-0.25, -0.2) is 14.1 Å². The number of hydrogen-bond donors (Lipinski definition) is 0. The van der Waals surface area contributed by atoms with E-state index in [1.54, 1.807) is 4.68 Å². The molecule has 0 unspecified atom stereocenters. The van der Waals surface area contributed by atoms with Crippen LogP contribution in [0.25, 0.3) is 0 Å². The first-order chi connectivity index (χ1) is 9.58. The van der Waals surface area contributed by atoms with Crippen LogP contribution >= 0.6 is 0 Å². The van der Waals surface area contributed by atoms with Gasteiger partial charge in [-0.05, 0) is 5.56 Å². The molecule has 106 valence electrons. The number of benzene rings is 1. The molecule has 0 bridgehead atoms. The Bertz CT molecular complexity index is 641. The molecule has 0 amide bonds. The summed E-state index contributed by atoms with van der Waals surface area (Å²) >= 11 is 0. The molecule has 1 aliphatic heterocycles. The van der Waals surface area contributed by atoms with Crippen LogP contribution in [0.4, 0.5) is 4.39 Å². The lowest BCUT2D eigenvalue weighted by atomic mass is 10.0. The minimum Gasteiger partial charge on any atom is -0.251 e. The molecule has 0 saturated carbocycles. The van der Waals surface area contributed by atoms with Gasteiger partial charge in [-0.3, -0.25) is 4.21 Å². The van der Waals surface area contributed by atoms with Crippen molar-refractivity contribution in [3.63, 3.8) is 0 Å². The minimum absolute atomic E-state index is 0.0774. The summed E-state index contributed by atoms with van der Waals surface area (Å²) in [5.41, 5.74) is 1.00. The summed E-state index contributed by atoms with van der Waals surface area (Å²) in [5, 5.41) is 4.44. The third-order valence-electron chi connectivity index (χ3n) is 3.44. The summed E-state index contributed by atoms with van der Waals surface area (Å²) in [6.45, 7) is 3.67. The van der Waals surface area contributed by atoms with Crippen molar-refractivity contribution >= 4 is 10.8 Å². The Labute approximate surface area is 119 Å². The van der Waals surface area contributed by atoms with Crippen LogP contribution in [0.3, 0.4) is 0 Å². The number of alkyl halides is 1. The fourth-order valence-electron chi connectivity index (χ4n) is 2.41. The molecular weight excluding hydrogens is 277 g/mol. The highest BCUT2D eigenvalue weighted by atomic mass is 32.2. The van der Waals surface area contributed by atoms with Gasteiger partial charge >= 0.3 is 0 Å². The van der Waals surface area contributed by atoms with Crippen LogP contribution in [0.15, 0.2) is 35.5 Å². The second-order valence-corrected chi connectivity index (χ2v) is 7.08. The van der Waals surface area contributed by atoms with Gasteiger partial charge in [0.2, 0.25) is 5.16 Å². The van der Waals surface area contributed by atoms with Gasteiger partial charge < -0.3 is 0 Å². The summed E-state index contributed by atoms with van der Waals surface area (Å²) in [5.74, 6) is 0.294. The predicted octanol–water partition coefficient (Wildman–Crippen LogP) is 2.80. The quantitative estimate of drug-likeness (QED) is 0.874. The van der Waals surface area contributed by atoms with E-state index in [1.807, 2.05) is 44.2 Å². The highest BCUT2D eigenvalue weighted by molar-refractivity contribution is 7.85. The van der Waals surface area contributed by atoms with Crippen LogP contribution in [-0.2, 0) is 10.8 Å². The molecule has 0 N–H and O–H groups in total. The zero-order chi connectivity index (χ0) is 14.3. The minimum atomic E-state index is -1.29. The van der Waals surface area contributed by atoms with E-state index in [1.165, 1.54) is 0 Å². The van der Waals surface area contributed by atoms with Crippen LogP contribution in [-0.4, -0.2) is 24.2 Å². The van der Waals surface area contributed by atoms with E-state index < -0.39 is 17.0 Å². The smallest absolute Gasteiger partial charge is 0.239 e. The van der Waals surface area contributed by atoms with Gasteiger partial charge in [0.15, 0.2) is 12.0 Å².